The highest BCUT2D eigenvalue weighted by Gasteiger charge is 2.45. The molecule has 0 bridgehead atoms. The second-order valence-corrected chi connectivity index (χ2v) is 8.58. The van der Waals surface area contributed by atoms with Crippen LogP contribution in [0.25, 0.3) is 0 Å². The molecule has 3 aliphatic rings. The van der Waals surface area contributed by atoms with E-state index < -0.39 is 0 Å². The zero-order chi connectivity index (χ0) is 19.0. The molecule has 1 aromatic rings. The summed E-state index contributed by atoms with van der Waals surface area (Å²) in [5, 5.41) is 4.00. The molecule has 0 saturated carbocycles. The van der Waals surface area contributed by atoms with E-state index in [1.54, 1.807) is 0 Å². The number of hydrogen-bond acceptors (Lipinski definition) is 4. The zero-order valence-corrected chi connectivity index (χ0v) is 16.4. The quantitative estimate of drug-likeness (QED) is 0.763. The molecule has 2 amide bonds. The van der Waals surface area contributed by atoms with Crippen LogP contribution in [0, 0.1) is 25.2 Å². The van der Waals surface area contributed by atoms with E-state index in [1.165, 1.54) is 0 Å². The van der Waals surface area contributed by atoms with Gasteiger partial charge in [-0.15, -0.1) is 0 Å². The van der Waals surface area contributed by atoms with Crippen LogP contribution in [0.2, 0.25) is 0 Å². The maximum Gasteiger partial charge on any atom is 0.223 e. The Kier molecular flexibility index (Phi) is 4.82. The fourth-order valence-corrected chi connectivity index (χ4v) is 4.83. The van der Waals surface area contributed by atoms with Gasteiger partial charge in [-0.25, -0.2) is 0 Å². The van der Waals surface area contributed by atoms with Crippen LogP contribution in [0.3, 0.4) is 0 Å². The van der Waals surface area contributed by atoms with Gasteiger partial charge in [0, 0.05) is 43.5 Å². The molecule has 2 fully saturated rings. The number of nitrogens with zero attached hydrogens (tertiary/aromatic N) is 3. The van der Waals surface area contributed by atoms with E-state index in [1.807, 2.05) is 23.6 Å². The van der Waals surface area contributed by atoms with Crippen molar-refractivity contribution in [2.45, 2.75) is 58.9 Å². The first-order chi connectivity index (χ1) is 13.0. The van der Waals surface area contributed by atoms with Crippen LogP contribution in [0.4, 0.5) is 0 Å². The molecule has 1 spiro atoms. The molecule has 0 unspecified atom stereocenters. The van der Waals surface area contributed by atoms with E-state index >= 15 is 0 Å². The fraction of sp³-hybridized carbons (Fsp3) is 0.667. The van der Waals surface area contributed by atoms with Gasteiger partial charge in [0.05, 0.1) is 12.2 Å². The molecule has 0 aromatic carbocycles. The highest BCUT2D eigenvalue weighted by atomic mass is 16.5. The first-order valence-corrected chi connectivity index (χ1v) is 10.1. The minimum atomic E-state index is 0.0279. The van der Waals surface area contributed by atoms with Crippen molar-refractivity contribution >= 4 is 11.8 Å². The summed E-state index contributed by atoms with van der Waals surface area (Å²) in [4.78, 5) is 29.2. The average molecular weight is 371 g/mol. The minimum Gasteiger partial charge on any atom is -0.361 e. The molecule has 146 valence electrons. The zero-order valence-electron chi connectivity index (χ0n) is 16.4. The molecule has 1 aliphatic carbocycles. The van der Waals surface area contributed by atoms with E-state index in [-0.39, 0.29) is 17.2 Å². The monoisotopic (exact) mass is 371 g/mol. The van der Waals surface area contributed by atoms with Crippen LogP contribution in [0.1, 0.15) is 55.5 Å². The van der Waals surface area contributed by atoms with Crippen molar-refractivity contribution in [2.75, 3.05) is 19.6 Å². The summed E-state index contributed by atoms with van der Waals surface area (Å²) in [5.74, 6) is 1.71. The summed E-state index contributed by atoms with van der Waals surface area (Å²) < 4.78 is 5.24. The number of aromatic nitrogens is 1. The summed E-state index contributed by atoms with van der Waals surface area (Å²) in [5.41, 5.74) is 1.92. The Labute approximate surface area is 160 Å². The summed E-state index contributed by atoms with van der Waals surface area (Å²) >= 11 is 0. The number of aryl methyl sites for hydroxylation is 2. The van der Waals surface area contributed by atoms with Crippen molar-refractivity contribution in [1.82, 2.24) is 15.0 Å². The lowest BCUT2D eigenvalue weighted by atomic mass is 9.77. The number of amides is 2. The Bertz CT molecular complexity index is 739. The maximum atomic E-state index is 12.6. The predicted octanol–water partition coefficient (Wildman–Crippen LogP) is 2.99. The van der Waals surface area contributed by atoms with E-state index in [9.17, 15) is 9.59 Å². The number of rotatable bonds is 4. The molecule has 2 saturated heterocycles. The first-order valence-electron chi connectivity index (χ1n) is 10.1. The lowest BCUT2D eigenvalue weighted by Crippen LogP contribution is -2.44. The van der Waals surface area contributed by atoms with Gasteiger partial charge in [-0.1, -0.05) is 17.3 Å². The van der Waals surface area contributed by atoms with Gasteiger partial charge in [-0.3, -0.25) is 9.59 Å². The van der Waals surface area contributed by atoms with Crippen molar-refractivity contribution < 1.29 is 14.1 Å². The Morgan fingerprint density at radius 3 is 2.74 bits per heavy atom. The van der Waals surface area contributed by atoms with Crippen LogP contribution < -0.4 is 0 Å². The number of likely N-dealkylation sites (tertiary alicyclic amines) is 2. The predicted molar refractivity (Wildman–Crippen MR) is 101 cm³/mol. The molecular weight excluding hydrogens is 342 g/mol. The summed E-state index contributed by atoms with van der Waals surface area (Å²) in [7, 11) is 0. The molecule has 2 aliphatic heterocycles. The first kappa shape index (κ1) is 18.3. The second-order valence-electron chi connectivity index (χ2n) is 8.58. The van der Waals surface area contributed by atoms with E-state index in [0.717, 1.165) is 62.3 Å². The molecule has 3 heterocycles. The van der Waals surface area contributed by atoms with Gasteiger partial charge in [0.15, 0.2) is 0 Å². The molecule has 1 atom stereocenters. The van der Waals surface area contributed by atoms with Crippen molar-refractivity contribution in [2.24, 2.45) is 11.3 Å². The smallest absolute Gasteiger partial charge is 0.223 e. The molecule has 1 aromatic heterocycles. The van der Waals surface area contributed by atoms with Gasteiger partial charge < -0.3 is 14.3 Å². The van der Waals surface area contributed by atoms with Crippen LogP contribution in [0.15, 0.2) is 16.7 Å². The van der Waals surface area contributed by atoms with Crippen molar-refractivity contribution in [3.8, 4) is 0 Å². The maximum absolute atomic E-state index is 12.6. The summed E-state index contributed by atoms with van der Waals surface area (Å²) in [6.45, 7) is 6.74. The lowest BCUT2D eigenvalue weighted by Gasteiger charge is -2.39. The average Bonchev–Trinajstić information content (AvgIpc) is 3.33. The Hall–Kier alpha value is -2.11. The molecule has 6 heteroatoms. The third-order valence-corrected chi connectivity index (χ3v) is 6.66. The lowest BCUT2D eigenvalue weighted by molar-refractivity contribution is -0.134. The van der Waals surface area contributed by atoms with Gasteiger partial charge in [-0.05, 0) is 45.4 Å². The van der Waals surface area contributed by atoms with Crippen LogP contribution >= 0.6 is 0 Å². The third-order valence-electron chi connectivity index (χ3n) is 6.66. The van der Waals surface area contributed by atoms with Gasteiger partial charge in [-0.2, -0.15) is 0 Å². The third kappa shape index (κ3) is 3.66. The van der Waals surface area contributed by atoms with Gasteiger partial charge in [0.1, 0.15) is 5.76 Å². The number of piperidine rings is 1. The second kappa shape index (κ2) is 7.13. The van der Waals surface area contributed by atoms with Gasteiger partial charge in [0.25, 0.3) is 0 Å². The SMILES string of the molecule is Cc1noc(C)c1CN1CC2(CCN(C(=O)C[C@@H]3C=CCC3)CC2)CC1=O. The molecule has 4 rings (SSSR count). The van der Waals surface area contributed by atoms with Crippen molar-refractivity contribution in [1.29, 1.82) is 0 Å². The van der Waals surface area contributed by atoms with Crippen molar-refractivity contribution in [3.05, 3.63) is 29.2 Å². The largest absolute Gasteiger partial charge is 0.361 e. The van der Waals surface area contributed by atoms with Crippen molar-refractivity contribution in [3.63, 3.8) is 0 Å². The van der Waals surface area contributed by atoms with Crippen LogP contribution in [0.5, 0.6) is 0 Å². The standard InChI is InChI=1S/C21H29N3O3/c1-15-18(16(2)27-22-15)13-24-14-21(12-20(24)26)7-9-23(10-8-21)19(25)11-17-5-3-4-6-17/h3,5,17H,4,6-14H2,1-2H3/t17-/m1/s1. The van der Waals surface area contributed by atoms with Gasteiger partial charge in [0.2, 0.25) is 11.8 Å². The number of carbonyl (C=O) groups excluding carboxylic acids is 2. The molecule has 0 radical (unpaired) electrons. The van der Waals surface area contributed by atoms with Crippen LogP contribution in [-0.4, -0.2) is 46.4 Å². The minimum absolute atomic E-state index is 0.0279. The number of allylic oxidation sites excluding steroid dienone is 2. The fourth-order valence-electron chi connectivity index (χ4n) is 4.83. The number of carbonyl (C=O) groups is 2. The highest BCUT2D eigenvalue weighted by Crippen LogP contribution is 2.42. The van der Waals surface area contributed by atoms with Gasteiger partial charge >= 0.3 is 0 Å². The molecular formula is C21H29N3O3. The molecule has 0 N–H and O–H groups in total. The van der Waals surface area contributed by atoms with E-state index in [0.29, 0.717) is 25.3 Å². The van der Waals surface area contributed by atoms with E-state index in [4.69, 9.17) is 4.52 Å². The van der Waals surface area contributed by atoms with Crippen LogP contribution in [-0.2, 0) is 16.1 Å². The summed E-state index contributed by atoms with van der Waals surface area (Å²) in [6, 6.07) is 0. The Morgan fingerprint density at radius 2 is 2.11 bits per heavy atom. The number of hydrogen-bond donors (Lipinski definition) is 0. The highest BCUT2D eigenvalue weighted by molar-refractivity contribution is 5.80. The molecule has 27 heavy (non-hydrogen) atoms. The summed E-state index contributed by atoms with van der Waals surface area (Å²) in [6.07, 6.45) is 9.65. The normalized spacial score (nSPS) is 24.4. The topological polar surface area (TPSA) is 66.7 Å². The Balaban J connectivity index is 1.33. The molecule has 6 nitrogen and oxygen atoms in total. The Morgan fingerprint density at radius 1 is 1.33 bits per heavy atom. The van der Waals surface area contributed by atoms with E-state index in [2.05, 4.69) is 17.3 Å².